The summed E-state index contributed by atoms with van der Waals surface area (Å²) in [6.07, 6.45) is -5.33. The fourth-order valence-electron chi connectivity index (χ4n) is 4.28. The predicted octanol–water partition coefficient (Wildman–Crippen LogP) is 4.88. The van der Waals surface area contributed by atoms with E-state index in [0.717, 1.165) is 0 Å². The molecule has 9 heteroatoms. The highest BCUT2D eigenvalue weighted by molar-refractivity contribution is 5.91. The first-order valence-corrected chi connectivity index (χ1v) is 13.2. The van der Waals surface area contributed by atoms with Crippen LogP contribution in [0.1, 0.15) is 41.4 Å². The highest BCUT2D eigenvalue weighted by atomic mass is 16.8. The maximum atomic E-state index is 13.1. The van der Waals surface area contributed by atoms with Gasteiger partial charge in [0.05, 0.1) is 22.3 Å². The van der Waals surface area contributed by atoms with Gasteiger partial charge in [-0.15, -0.1) is 0 Å². The molecule has 1 fully saturated rings. The van der Waals surface area contributed by atoms with E-state index in [0.29, 0.717) is 5.56 Å². The first-order valence-electron chi connectivity index (χ1n) is 13.2. The van der Waals surface area contributed by atoms with E-state index in [1.807, 2.05) is 0 Å². The van der Waals surface area contributed by atoms with E-state index >= 15 is 0 Å². The summed E-state index contributed by atoms with van der Waals surface area (Å²) in [4.78, 5) is 51.9. The van der Waals surface area contributed by atoms with E-state index in [1.165, 1.54) is 0 Å². The van der Waals surface area contributed by atoms with Gasteiger partial charge < -0.3 is 23.7 Å². The van der Waals surface area contributed by atoms with Gasteiger partial charge in [0.15, 0.2) is 6.10 Å². The second-order valence-corrected chi connectivity index (χ2v) is 9.25. The molecule has 1 aliphatic rings. The number of hydrogen-bond acceptors (Lipinski definition) is 9. The van der Waals surface area contributed by atoms with Crippen LogP contribution in [-0.4, -0.2) is 55.1 Å². The zero-order valence-corrected chi connectivity index (χ0v) is 22.2. The van der Waals surface area contributed by atoms with Gasteiger partial charge in [-0.3, -0.25) is 0 Å². The Kier molecular flexibility index (Phi) is 9.00. The fraction of sp³-hybridized carbons (Fsp3) is 0.152. The molecule has 1 aliphatic heterocycles. The normalized spacial score (nSPS) is 19.3. The van der Waals surface area contributed by atoms with Gasteiger partial charge in [-0.05, 0) is 48.5 Å². The zero-order chi connectivity index (χ0) is 29.3. The summed E-state index contributed by atoms with van der Waals surface area (Å²) in [5, 5.41) is 0. The van der Waals surface area contributed by atoms with Crippen LogP contribution in [0.2, 0.25) is 0 Å². The van der Waals surface area contributed by atoms with Crippen molar-refractivity contribution in [2.45, 2.75) is 24.6 Å². The molecule has 0 aliphatic carbocycles. The predicted molar refractivity (Wildman–Crippen MR) is 149 cm³/mol. The van der Waals surface area contributed by atoms with Gasteiger partial charge in [0.2, 0.25) is 12.4 Å². The van der Waals surface area contributed by atoms with E-state index < -0.39 is 48.5 Å². The largest absolute Gasteiger partial charge is 0.459 e. The summed E-state index contributed by atoms with van der Waals surface area (Å²) < 4.78 is 28.6. The van der Waals surface area contributed by atoms with Crippen molar-refractivity contribution in [2.24, 2.45) is 0 Å². The number of hydrogen-bond donors (Lipinski definition) is 0. The Labute approximate surface area is 241 Å². The molecule has 0 unspecified atom stereocenters. The van der Waals surface area contributed by atoms with Crippen molar-refractivity contribution in [3.8, 4) is 0 Å². The molecular formula is C33H26O9. The van der Waals surface area contributed by atoms with Gasteiger partial charge in [-0.1, -0.05) is 72.8 Å². The monoisotopic (exact) mass is 566 g/mol. The van der Waals surface area contributed by atoms with E-state index in [4.69, 9.17) is 23.7 Å². The number of rotatable bonds is 9. The SMILES string of the molecule is O=C(OC[C@@H]1O[C@@H](OC(=O)c2ccccc2)[C@H](OC(=O)c2ccccc2)[C@H]1OC(=O)c1ccccc1)c1ccccc1. The molecule has 212 valence electrons. The summed E-state index contributed by atoms with van der Waals surface area (Å²) in [5.41, 5.74) is 0.978. The van der Waals surface area contributed by atoms with Crippen molar-refractivity contribution in [1.82, 2.24) is 0 Å². The molecule has 4 atom stereocenters. The van der Waals surface area contributed by atoms with Crippen molar-refractivity contribution < 1.29 is 42.9 Å². The number of benzene rings is 4. The first-order chi connectivity index (χ1) is 20.5. The van der Waals surface area contributed by atoms with E-state index in [1.54, 1.807) is 121 Å². The van der Waals surface area contributed by atoms with Crippen LogP contribution < -0.4 is 0 Å². The minimum absolute atomic E-state index is 0.220. The summed E-state index contributed by atoms with van der Waals surface area (Å²) in [6.45, 7) is -0.390. The van der Waals surface area contributed by atoms with Crippen LogP contribution in [0.3, 0.4) is 0 Å². The summed E-state index contributed by atoms with van der Waals surface area (Å²) >= 11 is 0. The third-order valence-corrected chi connectivity index (χ3v) is 6.39. The number of esters is 4. The molecule has 1 saturated heterocycles. The van der Waals surface area contributed by atoms with Crippen LogP contribution in [0.5, 0.6) is 0 Å². The van der Waals surface area contributed by atoms with E-state index in [-0.39, 0.29) is 23.3 Å². The topological polar surface area (TPSA) is 114 Å². The maximum Gasteiger partial charge on any atom is 0.340 e. The Morgan fingerprint density at radius 2 is 0.833 bits per heavy atom. The average Bonchev–Trinajstić information content (AvgIpc) is 3.35. The summed E-state index contributed by atoms with van der Waals surface area (Å²) in [7, 11) is 0. The molecular weight excluding hydrogens is 540 g/mol. The lowest BCUT2D eigenvalue weighted by molar-refractivity contribution is -0.141. The first kappa shape index (κ1) is 28.3. The van der Waals surface area contributed by atoms with Crippen LogP contribution in [-0.2, 0) is 23.7 Å². The maximum absolute atomic E-state index is 13.1. The Hall–Kier alpha value is -5.28. The fourth-order valence-corrected chi connectivity index (χ4v) is 4.28. The van der Waals surface area contributed by atoms with Crippen LogP contribution in [0.4, 0.5) is 0 Å². The van der Waals surface area contributed by atoms with Crippen LogP contribution >= 0.6 is 0 Å². The molecule has 0 amide bonds. The smallest absolute Gasteiger partial charge is 0.340 e. The average molecular weight is 567 g/mol. The van der Waals surface area contributed by atoms with Crippen molar-refractivity contribution in [2.75, 3.05) is 6.61 Å². The van der Waals surface area contributed by atoms with Gasteiger partial charge in [0.1, 0.15) is 12.7 Å². The third-order valence-electron chi connectivity index (χ3n) is 6.39. The minimum Gasteiger partial charge on any atom is -0.459 e. The van der Waals surface area contributed by atoms with Gasteiger partial charge in [0.25, 0.3) is 0 Å². The van der Waals surface area contributed by atoms with Gasteiger partial charge in [-0.25, -0.2) is 19.2 Å². The lowest BCUT2D eigenvalue weighted by atomic mass is 10.1. The van der Waals surface area contributed by atoms with Crippen LogP contribution in [0, 0.1) is 0 Å². The van der Waals surface area contributed by atoms with Crippen LogP contribution in [0.15, 0.2) is 121 Å². The molecule has 0 saturated carbocycles. The molecule has 0 aromatic heterocycles. The summed E-state index contributed by atoms with van der Waals surface area (Å²) in [5.74, 6) is -2.89. The summed E-state index contributed by atoms with van der Waals surface area (Å²) in [6, 6.07) is 32.8. The lowest BCUT2D eigenvalue weighted by Gasteiger charge is -2.24. The van der Waals surface area contributed by atoms with Crippen molar-refractivity contribution in [1.29, 1.82) is 0 Å². The van der Waals surface area contributed by atoms with Gasteiger partial charge >= 0.3 is 23.9 Å². The van der Waals surface area contributed by atoms with Gasteiger partial charge in [-0.2, -0.15) is 0 Å². The molecule has 4 aromatic rings. The molecule has 0 N–H and O–H groups in total. The Morgan fingerprint density at radius 1 is 0.476 bits per heavy atom. The van der Waals surface area contributed by atoms with E-state index in [9.17, 15) is 19.2 Å². The molecule has 42 heavy (non-hydrogen) atoms. The van der Waals surface area contributed by atoms with Crippen molar-refractivity contribution >= 4 is 23.9 Å². The Bertz CT molecular complexity index is 1510. The quantitative estimate of drug-likeness (QED) is 0.207. The molecule has 0 spiro atoms. The standard InChI is InChI=1S/C33H26O9/c34-29(22-13-5-1-6-14-22)38-21-26-27(40-30(35)23-15-7-2-8-16-23)28(41-31(36)24-17-9-3-10-18-24)33(39-26)42-32(37)25-19-11-4-12-20-25/h1-20,26-28,33H,21H2/t26-,27-,28+,33-/m0/s1. The molecule has 9 nitrogen and oxygen atoms in total. The zero-order valence-electron chi connectivity index (χ0n) is 22.2. The van der Waals surface area contributed by atoms with Crippen LogP contribution in [0.25, 0.3) is 0 Å². The van der Waals surface area contributed by atoms with Crippen molar-refractivity contribution in [3.05, 3.63) is 144 Å². The Balaban J connectivity index is 1.43. The third kappa shape index (κ3) is 6.89. The number of ether oxygens (including phenoxy) is 5. The minimum atomic E-state index is -1.49. The highest BCUT2D eigenvalue weighted by Crippen LogP contribution is 2.30. The number of carbonyl (C=O) groups excluding carboxylic acids is 4. The van der Waals surface area contributed by atoms with Crippen molar-refractivity contribution in [3.63, 3.8) is 0 Å². The second-order valence-electron chi connectivity index (χ2n) is 9.25. The molecule has 0 radical (unpaired) electrons. The molecule has 0 bridgehead atoms. The van der Waals surface area contributed by atoms with Gasteiger partial charge in [0, 0.05) is 0 Å². The second kappa shape index (κ2) is 13.4. The van der Waals surface area contributed by atoms with E-state index in [2.05, 4.69) is 0 Å². The Morgan fingerprint density at radius 3 is 1.26 bits per heavy atom. The number of carbonyl (C=O) groups is 4. The lowest BCUT2D eigenvalue weighted by Crippen LogP contribution is -2.42. The molecule has 1 heterocycles. The molecule has 4 aromatic carbocycles. The molecule has 5 rings (SSSR count). The highest BCUT2D eigenvalue weighted by Gasteiger charge is 2.52.